The summed E-state index contributed by atoms with van der Waals surface area (Å²) in [5, 5.41) is 0. The van der Waals surface area contributed by atoms with Crippen LogP contribution in [-0.4, -0.2) is 36.7 Å². The molecule has 6 nitrogen and oxygen atoms in total. The Morgan fingerprint density at radius 1 is 0.325 bits per heavy atom. The van der Waals surface area contributed by atoms with E-state index < -0.39 is 11.9 Å². The van der Waals surface area contributed by atoms with Gasteiger partial charge >= 0.3 is 11.9 Å². The Morgan fingerprint density at radius 3 is 0.675 bits per heavy atom. The monoisotopic (exact) mass is 566 g/mol. The molecule has 0 aliphatic carbocycles. The van der Waals surface area contributed by atoms with E-state index in [1.165, 1.54) is 142 Å². The molecular formula is C34H62O6. The van der Waals surface area contributed by atoms with Gasteiger partial charge in [-0.1, -0.05) is 141 Å². The van der Waals surface area contributed by atoms with Gasteiger partial charge in [0.15, 0.2) is 0 Å². The van der Waals surface area contributed by atoms with Gasteiger partial charge in [-0.3, -0.25) is 19.2 Å². The summed E-state index contributed by atoms with van der Waals surface area (Å²) in [6.07, 6.45) is 30.7. The summed E-state index contributed by atoms with van der Waals surface area (Å²) in [5.74, 6) is -1.05. The van der Waals surface area contributed by atoms with E-state index in [2.05, 4.69) is 0 Å². The van der Waals surface area contributed by atoms with Crippen LogP contribution in [0.15, 0.2) is 0 Å². The highest BCUT2D eigenvalue weighted by Crippen LogP contribution is 2.15. The van der Waals surface area contributed by atoms with Crippen LogP contribution in [0, 0.1) is 0 Å². The number of carbonyl (C=O) groups is 4. The number of esters is 2. The highest BCUT2D eigenvalue weighted by Gasteiger charge is 2.06. The summed E-state index contributed by atoms with van der Waals surface area (Å²) < 4.78 is 10.1. The van der Waals surface area contributed by atoms with E-state index in [1.807, 2.05) is 0 Å². The topological polar surface area (TPSA) is 86.7 Å². The largest absolute Gasteiger partial charge is 0.465 e. The van der Waals surface area contributed by atoms with Crippen molar-refractivity contribution in [2.24, 2.45) is 0 Å². The van der Waals surface area contributed by atoms with Crippen molar-refractivity contribution in [3.63, 3.8) is 0 Å². The molecule has 0 aliphatic heterocycles. The maximum Gasteiger partial charge on any atom is 0.313 e. The first-order chi connectivity index (χ1) is 19.4. The lowest BCUT2D eigenvalue weighted by atomic mass is 10.0. The normalized spacial score (nSPS) is 10.9. The van der Waals surface area contributed by atoms with Crippen molar-refractivity contribution in [2.45, 2.75) is 181 Å². The van der Waals surface area contributed by atoms with Crippen LogP contribution >= 0.6 is 0 Å². The van der Waals surface area contributed by atoms with E-state index in [1.54, 1.807) is 0 Å². The predicted molar refractivity (Wildman–Crippen MR) is 163 cm³/mol. The van der Waals surface area contributed by atoms with Gasteiger partial charge in [0.2, 0.25) is 0 Å². The molecular weight excluding hydrogens is 504 g/mol. The van der Waals surface area contributed by atoms with E-state index in [9.17, 15) is 19.2 Å². The van der Waals surface area contributed by atoms with Crippen LogP contribution in [0.25, 0.3) is 0 Å². The smallest absolute Gasteiger partial charge is 0.313 e. The SMILES string of the molecule is CC(=O)CC(=O)OCCCCCCCCCCCCCCCCCCCCCCCCCCOC(=O)CC(C)=O. The van der Waals surface area contributed by atoms with Gasteiger partial charge in [0.25, 0.3) is 0 Å². The van der Waals surface area contributed by atoms with E-state index in [0.717, 1.165) is 25.7 Å². The number of ether oxygens (including phenoxy) is 2. The van der Waals surface area contributed by atoms with Gasteiger partial charge in [-0.15, -0.1) is 0 Å². The Morgan fingerprint density at radius 2 is 0.500 bits per heavy atom. The van der Waals surface area contributed by atoms with E-state index >= 15 is 0 Å². The first-order valence-corrected chi connectivity index (χ1v) is 16.7. The van der Waals surface area contributed by atoms with Gasteiger partial charge < -0.3 is 9.47 Å². The fourth-order valence-corrected chi connectivity index (χ4v) is 4.97. The Labute approximate surface area is 246 Å². The van der Waals surface area contributed by atoms with Crippen LogP contribution < -0.4 is 0 Å². The summed E-state index contributed by atoms with van der Waals surface area (Å²) in [4.78, 5) is 44.2. The van der Waals surface area contributed by atoms with Crippen molar-refractivity contribution in [1.29, 1.82) is 0 Å². The Bertz CT molecular complexity index is 576. The molecule has 0 atom stereocenters. The zero-order valence-corrected chi connectivity index (χ0v) is 26.2. The van der Waals surface area contributed by atoms with Gasteiger partial charge in [-0.2, -0.15) is 0 Å². The number of Topliss-reactive ketones (excluding diaryl/α,β-unsaturated/α-hetero) is 2. The van der Waals surface area contributed by atoms with Crippen molar-refractivity contribution in [3.8, 4) is 0 Å². The van der Waals surface area contributed by atoms with E-state index in [0.29, 0.717) is 13.2 Å². The van der Waals surface area contributed by atoms with Crippen LogP contribution in [0.3, 0.4) is 0 Å². The van der Waals surface area contributed by atoms with Crippen LogP contribution in [-0.2, 0) is 28.7 Å². The van der Waals surface area contributed by atoms with Gasteiger partial charge in [0, 0.05) is 0 Å². The second kappa shape index (κ2) is 30.2. The van der Waals surface area contributed by atoms with Crippen molar-refractivity contribution in [2.75, 3.05) is 13.2 Å². The molecule has 0 radical (unpaired) electrons. The fourth-order valence-electron chi connectivity index (χ4n) is 4.97. The van der Waals surface area contributed by atoms with Crippen LogP contribution in [0.2, 0.25) is 0 Å². The van der Waals surface area contributed by atoms with Crippen molar-refractivity contribution in [3.05, 3.63) is 0 Å². The van der Waals surface area contributed by atoms with Crippen LogP contribution in [0.5, 0.6) is 0 Å². The number of unbranched alkanes of at least 4 members (excludes halogenated alkanes) is 23. The van der Waals surface area contributed by atoms with Gasteiger partial charge in [0.05, 0.1) is 13.2 Å². The number of hydrogen-bond donors (Lipinski definition) is 0. The number of carbonyl (C=O) groups excluding carboxylic acids is 4. The number of ketones is 2. The van der Waals surface area contributed by atoms with Crippen molar-refractivity contribution < 1.29 is 28.7 Å². The standard InChI is InChI=1S/C34H62O6/c1-31(35)29-33(37)39-27-25-23-21-19-17-15-13-11-9-7-5-3-4-6-8-10-12-14-16-18-20-22-24-26-28-40-34(38)30-32(2)36/h3-30H2,1-2H3. The quantitative estimate of drug-likeness (QED) is 0.0472. The average molecular weight is 567 g/mol. The highest BCUT2D eigenvalue weighted by atomic mass is 16.5. The third kappa shape index (κ3) is 32.5. The molecule has 0 heterocycles. The Hall–Kier alpha value is -1.72. The molecule has 0 spiro atoms. The molecule has 0 rings (SSSR count). The molecule has 0 fully saturated rings. The van der Waals surface area contributed by atoms with Crippen molar-refractivity contribution in [1.82, 2.24) is 0 Å². The molecule has 0 bridgehead atoms. The molecule has 0 saturated carbocycles. The minimum Gasteiger partial charge on any atom is -0.465 e. The first kappa shape index (κ1) is 38.3. The predicted octanol–water partition coefficient (Wildman–Crippen LogP) is 9.39. The third-order valence-electron chi connectivity index (χ3n) is 7.35. The molecule has 0 unspecified atom stereocenters. The molecule has 0 aromatic heterocycles. The average Bonchev–Trinajstić information content (AvgIpc) is 2.89. The molecule has 0 amide bonds. The number of rotatable bonds is 31. The lowest BCUT2D eigenvalue weighted by Crippen LogP contribution is -2.09. The van der Waals surface area contributed by atoms with Crippen LogP contribution in [0.4, 0.5) is 0 Å². The summed E-state index contributed by atoms with van der Waals surface area (Å²) in [6, 6.07) is 0. The van der Waals surface area contributed by atoms with E-state index in [-0.39, 0.29) is 24.4 Å². The summed E-state index contributed by atoms with van der Waals surface area (Å²) >= 11 is 0. The second-order valence-electron chi connectivity index (χ2n) is 11.7. The molecule has 0 aromatic rings. The van der Waals surface area contributed by atoms with Crippen molar-refractivity contribution >= 4 is 23.5 Å². The minimum absolute atomic E-state index is 0.0964. The van der Waals surface area contributed by atoms with Gasteiger partial charge in [-0.25, -0.2) is 0 Å². The second-order valence-corrected chi connectivity index (χ2v) is 11.7. The summed E-state index contributed by atoms with van der Waals surface area (Å²) in [6.45, 7) is 3.72. The minimum atomic E-state index is -0.390. The molecule has 40 heavy (non-hydrogen) atoms. The maximum absolute atomic E-state index is 11.3. The van der Waals surface area contributed by atoms with E-state index in [4.69, 9.17) is 9.47 Å². The highest BCUT2D eigenvalue weighted by molar-refractivity contribution is 5.94. The Kier molecular flexibility index (Phi) is 28.9. The first-order valence-electron chi connectivity index (χ1n) is 16.7. The zero-order valence-electron chi connectivity index (χ0n) is 26.2. The number of hydrogen-bond acceptors (Lipinski definition) is 6. The van der Waals surface area contributed by atoms with Gasteiger partial charge in [-0.05, 0) is 26.7 Å². The molecule has 6 heteroatoms. The summed E-state index contributed by atoms with van der Waals surface area (Å²) in [7, 11) is 0. The molecule has 0 aromatic carbocycles. The lowest BCUT2D eigenvalue weighted by Gasteiger charge is -2.05. The molecule has 234 valence electrons. The van der Waals surface area contributed by atoms with Gasteiger partial charge in [0.1, 0.15) is 24.4 Å². The molecule has 0 N–H and O–H groups in total. The summed E-state index contributed by atoms with van der Waals surface area (Å²) in [5.41, 5.74) is 0. The fraction of sp³-hybridized carbons (Fsp3) is 0.882. The lowest BCUT2D eigenvalue weighted by molar-refractivity contribution is -0.147. The third-order valence-corrected chi connectivity index (χ3v) is 7.35. The molecule has 0 saturated heterocycles. The maximum atomic E-state index is 11.3. The van der Waals surface area contributed by atoms with Crippen LogP contribution in [0.1, 0.15) is 181 Å². The Balaban J connectivity index is 3.12. The molecule has 0 aliphatic rings. The zero-order chi connectivity index (χ0) is 29.5.